The lowest BCUT2D eigenvalue weighted by Gasteiger charge is -2.14. The molecule has 1 aromatic carbocycles. The van der Waals surface area contributed by atoms with Crippen LogP contribution in [0, 0.1) is 4.78 Å². The lowest BCUT2D eigenvalue weighted by molar-refractivity contribution is 0.117. The van der Waals surface area contributed by atoms with Gasteiger partial charge in [-0.3, -0.25) is 0 Å². The standard InChI is InChI=1S/C17H24N2O3S/c1-4-6-12-16(5-2)23(18,21)13-19-17(20)22-14(3)15-10-8-7-9-11-15/h4,7-11,13-14,16,18H,1,5-6,12H2,2-3H3/b19-13+/t14-,16+,23?/m0/s1. The van der Waals surface area contributed by atoms with Gasteiger partial charge < -0.3 is 4.74 Å². The van der Waals surface area contributed by atoms with E-state index in [2.05, 4.69) is 11.6 Å². The number of ether oxygens (including phenoxy) is 1. The molecule has 0 saturated carbocycles. The second kappa shape index (κ2) is 9.25. The average Bonchev–Trinajstić information content (AvgIpc) is 2.54. The SMILES string of the molecule is C=CCC[C@@H](CC)S(=N)(=O)/C=N/C(=O)O[C@@H](C)c1ccccc1. The predicted octanol–water partition coefficient (Wildman–Crippen LogP) is 4.70. The fraction of sp³-hybridized carbons (Fsp3) is 0.412. The molecule has 1 rings (SSSR count). The Morgan fingerprint density at radius 3 is 2.65 bits per heavy atom. The molecule has 0 spiro atoms. The van der Waals surface area contributed by atoms with Crippen molar-refractivity contribution < 1.29 is 13.7 Å². The molecule has 0 radical (unpaired) electrons. The summed E-state index contributed by atoms with van der Waals surface area (Å²) in [6.07, 6.45) is 2.29. The van der Waals surface area contributed by atoms with E-state index in [-0.39, 0.29) is 5.25 Å². The monoisotopic (exact) mass is 336 g/mol. The molecule has 0 fully saturated rings. The predicted molar refractivity (Wildman–Crippen MR) is 94.2 cm³/mol. The number of hydrogen-bond donors (Lipinski definition) is 1. The summed E-state index contributed by atoms with van der Waals surface area (Å²) in [5.74, 6) is 0. The molecule has 0 aliphatic heterocycles. The number of rotatable bonds is 8. The van der Waals surface area contributed by atoms with Crippen molar-refractivity contribution in [1.29, 1.82) is 4.78 Å². The summed E-state index contributed by atoms with van der Waals surface area (Å²) in [6, 6.07) is 9.27. The van der Waals surface area contributed by atoms with Crippen molar-refractivity contribution in [2.75, 3.05) is 0 Å². The molecular formula is C17H24N2O3S. The number of aliphatic imine (C=N–C) groups is 1. The summed E-state index contributed by atoms with van der Waals surface area (Å²) in [5.41, 5.74) is 1.78. The van der Waals surface area contributed by atoms with Gasteiger partial charge >= 0.3 is 6.09 Å². The zero-order valence-electron chi connectivity index (χ0n) is 13.6. The van der Waals surface area contributed by atoms with E-state index in [9.17, 15) is 9.00 Å². The lowest BCUT2D eigenvalue weighted by Crippen LogP contribution is -2.20. The van der Waals surface area contributed by atoms with Gasteiger partial charge in [-0.25, -0.2) is 13.8 Å². The van der Waals surface area contributed by atoms with E-state index in [1.54, 1.807) is 13.0 Å². The number of carbonyl (C=O) groups excluding carboxylic acids is 1. The van der Waals surface area contributed by atoms with Crippen molar-refractivity contribution in [2.45, 2.75) is 44.5 Å². The Labute approximate surface area is 138 Å². The summed E-state index contributed by atoms with van der Waals surface area (Å²) in [6.45, 7) is 7.23. The Bertz CT molecular complexity index is 639. The van der Waals surface area contributed by atoms with Gasteiger partial charge in [0, 0.05) is 5.25 Å². The first-order valence-electron chi connectivity index (χ1n) is 7.58. The second-order valence-electron chi connectivity index (χ2n) is 5.22. The highest BCUT2D eigenvalue weighted by molar-refractivity contribution is 8.05. The largest absolute Gasteiger partial charge is 0.440 e. The molecule has 0 aliphatic carbocycles. The van der Waals surface area contributed by atoms with Crippen molar-refractivity contribution in [3.05, 3.63) is 48.6 Å². The molecule has 0 aliphatic rings. The van der Waals surface area contributed by atoms with Gasteiger partial charge in [-0.15, -0.1) is 6.58 Å². The Morgan fingerprint density at radius 1 is 1.43 bits per heavy atom. The Balaban J connectivity index is 2.67. The van der Waals surface area contributed by atoms with Crippen molar-refractivity contribution in [3.63, 3.8) is 0 Å². The molecule has 5 nitrogen and oxygen atoms in total. The van der Waals surface area contributed by atoms with Gasteiger partial charge in [-0.05, 0) is 31.7 Å². The highest BCUT2D eigenvalue weighted by Gasteiger charge is 2.18. The van der Waals surface area contributed by atoms with E-state index in [1.165, 1.54) is 0 Å². The van der Waals surface area contributed by atoms with Crippen LogP contribution in [0.3, 0.4) is 0 Å². The van der Waals surface area contributed by atoms with E-state index < -0.39 is 21.9 Å². The summed E-state index contributed by atoms with van der Waals surface area (Å²) >= 11 is 0. The molecular weight excluding hydrogens is 312 g/mol. The highest BCUT2D eigenvalue weighted by Crippen LogP contribution is 2.17. The zero-order valence-corrected chi connectivity index (χ0v) is 14.4. The molecule has 6 heteroatoms. The minimum atomic E-state index is -3.08. The van der Waals surface area contributed by atoms with E-state index >= 15 is 0 Å². The zero-order chi connectivity index (χ0) is 17.3. The van der Waals surface area contributed by atoms with Crippen molar-refractivity contribution >= 4 is 21.4 Å². The number of carbonyl (C=O) groups is 1. The topological polar surface area (TPSA) is 79.6 Å². The average molecular weight is 336 g/mol. The number of benzene rings is 1. The van der Waals surface area contributed by atoms with Crippen molar-refractivity contribution in [2.24, 2.45) is 4.99 Å². The molecule has 0 aromatic heterocycles. The fourth-order valence-electron chi connectivity index (χ4n) is 2.11. The number of allylic oxidation sites excluding steroid dienone is 1. The molecule has 0 saturated heterocycles. The first-order valence-corrected chi connectivity index (χ1v) is 9.27. The lowest BCUT2D eigenvalue weighted by atomic mass is 10.1. The van der Waals surface area contributed by atoms with E-state index in [0.29, 0.717) is 19.3 Å². The van der Waals surface area contributed by atoms with E-state index in [4.69, 9.17) is 9.52 Å². The van der Waals surface area contributed by atoms with E-state index in [0.717, 1.165) is 11.1 Å². The fourth-order valence-corrected chi connectivity index (χ4v) is 3.51. The molecule has 3 atom stereocenters. The van der Waals surface area contributed by atoms with Crippen molar-refractivity contribution in [1.82, 2.24) is 0 Å². The molecule has 0 heterocycles. The molecule has 126 valence electrons. The Hall–Kier alpha value is -1.95. The van der Waals surface area contributed by atoms with E-state index in [1.807, 2.05) is 37.3 Å². The van der Waals surface area contributed by atoms with Gasteiger partial charge in [0.05, 0.1) is 9.73 Å². The molecule has 1 aromatic rings. The van der Waals surface area contributed by atoms with Crippen LogP contribution >= 0.6 is 0 Å². The normalized spacial score (nSPS) is 16.4. The van der Waals surface area contributed by atoms with Crippen LogP contribution in [0.25, 0.3) is 0 Å². The quantitative estimate of drug-likeness (QED) is 0.424. The summed E-state index contributed by atoms with van der Waals surface area (Å²) in [5, 5.41) is -0.344. The van der Waals surface area contributed by atoms with Gasteiger partial charge in [0.1, 0.15) is 11.7 Å². The van der Waals surface area contributed by atoms with Crippen LogP contribution in [0.1, 0.15) is 44.8 Å². The van der Waals surface area contributed by atoms with Crippen LogP contribution in [0.2, 0.25) is 0 Å². The molecule has 23 heavy (non-hydrogen) atoms. The smallest absolute Gasteiger partial charge is 0.434 e. The van der Waals surface area contributed by atoms with Crippen LogP contribution < -0.4 is 0 Å². The first-order chi connectivity index (χ1) is 10.9. The van der Waals surface area contributed by atoms with Crippen LogP contribution in [0.15, 0.2) is 48.0 Å². The third-order valence-electron chi connectivity index (χ3n) is 3.50. The maximum Gasteiger partial charge on any atom is 0.434 e. The summed E-state index contributed by atoms with van der Waals surface area (Å²) < 4.78 is 25.5. The number of amides is 1. The summed E-state index contributed by atoms with van der Waals surface area (Å²) in [7, 11) is -3.08. The third-order valence-corrected chi connectivity index (χ3v) is 5.48. The molecule has 1 N–H and O–H groups in total. The van der Waals surface area contributed by atoms with Crippen LogP contribution in [0.5, 0.6) is 0 Å². The Kier molecular flexibility index (Phi) is 7.68. The summed E-state index contributed by atoms with van der Waals surface area (Å²) in [4.78, 5) is 15.3. The minimum Gasteiger partial charge on any atom is -0.440 e. The molecule has 0 bridgehead atoms. The van der Waals surface area contributed by atoms with Gasteiger partial charge in [-0.2, -0.15) is 4.99 Å². The minimum absolute atomic E-state index is 0.344. The van der Waals surface area contributed by atoms with Gasteiger partial charge in [0.25, 0.3) is 0 Å². The van der Waals surface area contributed by atoms with Gasteiger partial charge in [0.15, 0.2) is 0 Å². The maximum atomic E-state index is 12.4. The molecule has 1 amide bonds. The highest BCUT2D eigenvalue weighted by atomic mass is 32.2. The second-order valence-corrected chi connectivity index (χ2v) is 7.39. The van der Waals surface area contributed by atoms with Gasteiger partial charge in [-0.1, -0.05) is 43.3 Å². The van der Waals surface area contributed by atoms with Crippen molar-refractivity contribution in [3.8, 4) is 0 Å². The first kappa shape index (κ1) is 19.1. The van der Waals surface area contributed by atoms with Gasteiger partial charge in [0.2, 0.25) is 0 Å². The number of hydrogen-bond acceptors (Lipinski definition) is 4. The maximum absolute atomic E-state index is 12.4. The molecule has 1 unspecified atom stereocenters. The van der Waals surface area contributed by atoms with Crippen LogP contribution in [0.4, 0.5) is 4.79 Å². The number of nitrogens with zero attached hydrogens (tertiary/aromatic N) is 1. The number of nitrogens with one attached hydrogen (secondary N) is 1. The third kappa shape index (κ3) is 6.36. The Morgan fingerprint density at radius 2 is 2.09 bits per heavy atom. The van der Waals surface area contributed by atoms with Crippen LogP contribution in [-0.2, 0) is 14.5 Å². The van der Waals surface area contributed by atoms with Crippen LogP contribution in [-0.4, -0.2) is 21.1 Å².